The van der Waals surface area contributed by atoms with Crippen molar-refractivity contribution in [3.63, 3.8) is 0 Å². The van der Waals surface area contributed by atoms with Crippen molar-refractivity contribution in [1.82, 2.24) is 5.43 Å². The van der Waals surface area contributed by atoms with Gasteiger partial charge in [-0.3, -0.25) is 4.79 Å². The molecule has 0 saturated carbocycles. The topological polar surface area (TPSA) is 81.9 Å². The number of benzene rings is 2. The van der Waals surface area contributed by atoms with Crippen LogP contribution in [0.15, 0.2) is 52.0 Å². The summed E-state index contributed by atoms with van der Waals surface area (Å²) in [6.45, 7) is 0. The quantitative estimate of drug-likeness (QED) is 0.458. The van der Waals surface area contributed by atoms with Gasteiger partial charge in [0, 0.05) is 10.0 Å². The fourth-order valence-corrected chi connectivity index (χ4v) is 1.88. The molecule has 0 aliphatic heterocycles. The average Bonchev–Trinajstić information content (AvgIpc) is 2.42. The first-order valence-electron chi connectivity index (χ1n) is 5.67. The minimum atomic E-state index is -0.342. The number of nitrogens with one attached hydrogen (secondary N) is 1. The van der Waals surface area contributed by atoms with Crippen molar-refractivity contribution in [2.45, 2.75) is 0 Å². The highest BCUT2D eigenvalue weighted by Gasteiger charge is 2.04. The lowest BCUT2D eigenvalue weighted by molar-refractivity contribution is 0.0955. The molecule has 0 aliphatic rings. The van der Waals surface area contributed by atoms with Crippen LogP contribution in [0.4, 0.5) is 0 Å². The van der Waals surface area contributed by atoms with Gasteiger partial charge in [-0.15, -0.1) is 0 Å². The predicted molar refractivity (Wildman–Crippen MR) is 79.0 cm³/mol. The maximum absolute atomic E-state index is 11.8. The second-order valence-electron chi connectivity index (χ2n) is 3.96. The zero-order chi connectivity index (χ0) is 14.5. The minimum Gasteiger partial charge on any atom is -0.504 e. The Kier molecular flexibility index (Phi) is 4.37. The molecule has 2 aromatic rings. The number of hydrazone groups is 1. The number of amides is 1. The number of carbonyl (C=O) groups is 1. The fourth-order valence-electron chi connectivity index (χ4n) is 1.48. The van der Waals surface area contributed by atoms with E-state index in [0.717, 1.165) is 4.47 Å². The van der Waals surface area contributed by atoms with E-state index in [2.05, 4.69) is 26.5 Å². The van der Waals surface area contributed by atoms with Crippen molar-refractivity contribution in [3.05, 3.63) is 58.1 Å². The third kappa shape index (κ3) is 3.58. The Morgan fingerprint density at radius 3 is 2.65 bits per heavy atom. The second kappa shape index (κ2) is 6.21. The van der Waals surface area contributed by atoms with E-state index in [9.17, 15) is 9.90 Å². The zero-order valence-electron chi connectivity index (χ0n) is 10.2. The number of aromatic hydroxyl groups is 2. The summed E-state index contributed by atoms with van der Waals surface area (Å²) < 4.78 is 0.803. The summed E-state index contributed by atoms with van der Waals surface area (Å²) in [4.78, 5) is 11.8. The molecular formula is C14H11BrN2O3. The van der Waals surface area contributed by atoms with Crippen molar-refractivity contribution in [2.24, 2.45) is 5.10 Å². The number of hydrogen-bond donors (Lipinski definition) is 3. The second-order valence-corrected chi connectivity index (χ2v) is 4.87. The first kappa shape index (κ1) is 14.1. The number of carbonyl (C=O) groups excluding carboxylic acids is 1. The van der Waals surface area contributed by atoms with Gasteiger partial charge < -0.3 is 10.2 Å². The van der Waals surface area contributed by atoms with Crippen LogP contribution >= 0.6 is 15.9 Å². The van der Waals surface area contributed by atoms with Gasteiger partial charge in [0.05, 0.1) is 6.21 Å². The summed E-state index contributed by atoms with van der Waals surface area (Å²) >= 11 is 3.28. The van der Waals surface area contributed by atoms with Crippen molar-refractivity contribution in [3.8, 4) is 11.5 Å². The van der Waals surface area contributed by atoms with Crippen LogP contribution in [0.1, 0.15) is 15.9 Å². The molecule has 0 saturated heterocycles. The maximum Gasteiger partial charge on any atom is 0.271 e. The largest absolute Gasteiger partial charge is 0.504 e. The highest BCUT2D eigenvalue weighted by molar-refractivity contribution is 9.10. The normalized spacial score (nSPS) is 10.7. The first-order valence-corrected chi connectivity index (χ1v) is 6.46. The van der Waals surface area contributed by atoms with E-state index in [1.807, 2.05) is 6.07 Å². The Balaban J connectivity index is 2.02. The molecule has 5 nitrogen and oxygen atoms in total. The molecule has 3 N–H and O–H groups in total. The summed E-state index contributed by atoms with van der Waals surface area (Å²) in [5, 5.41) is 22.3. The van der Waals surface area contributed by atoms with Crippen molar-refractivity contribution in [1.29, 1.82) is 0 Å². The molecule has 0 aromatic heterocycles. The van der Waals surface area contributed by atoms with Gasteiger partial charge in [-0.1, -0.05) is 22.0 Å². The van der Waals surface area contributed by atoms with E-state index >= 15 is 0 Å². The van der Waals surface area contributed by atoms with Crippen LogP contribution in [-0.4, -0.2) is 22.3 Å². The molecule has 102 valence electrons. The summed E-state index contributed by atoms with van der Waals surface area (Å²) in [5.41, 5.74) is 3.40. The average molecular weight is 335 g/mol. The van der Waals surface area contributed by atoms with Crippen LogP contribution in [-0.2, 0) is 0 Å². The SMILES string of the molecule is O=C(N/N=C/c1ccc(O)c(O)c1)c1cccc(Br)c1. The number of halogens is 1. The van der Waals surface area contributed by atoms with E-state index in [1.165, 1.54) is 18.3 Å². The number of rotatable bonds is 3. The highest BCUT2D eigenvalue weighted by Crippen LogP contribution is 2.23. The molecule has 20 heavy (non-hydrogen) atoms. The van der Waals surface area contributed by atoms with Crippen LogP contribution in [0.5, 0.6) is 11.5 Å². The van der Waals surface area contributed by atoms with Crippen molar-refractivity contribution in [2.75, 3.05) is 0 Å². The van der Waals surface area contributed by atoms with E-state index in [-0.39, 0.29) is 17.4 Å². The monoisotopic (exact) mass is 334 g/mol. The van der Waals surface area contributed by atoms with Gasteiger partial charge in [-0.05, 0) is 42.0 Å². The fraction of sp³-hybridized carbons (Fsp3) is 0. The van der Waals surface area contributed by atoms with Gasteiger partial charge in [0.15, 0.2) is 11.5 Å². The van der Waals surface area contributed by atoms with Gasteiger partial charge in [-0.25, -0.2) is 5.43 Å². The standard InChI is InChI=1S/C14H11BrN2O3/c15-11-3-1-2-10(7-11)14(20)17-16-8-9-4-5-12(18)13(19)6-9/h1-8,18-19H,(H,17,20)/b16-8+. The molecule has 0 atom stereocenters. The third-order valence-electron chi connectivity index (χ3n) is 2.47. The molecule has 0 unspecified atom stereocenters. The smallest absolute Gasteiger partial charge is 0.271 e. The Morgan fingerprint density at radius 1 is 1.15 bits per heavy atom. The van der Waals surface area contributed by atoms with Gasteiger partial charge in [0.25, 0.3) is 5.91 Å². The van der Waals surface area contributed by atoms with Crippen LogP contribution in [0, 0.1) is 0 Å². The number of hydrogen-bond acceptors (Lipinski definition) is 4. The predicted octanol–water partition coefficient (Wildman–Crippen LogP) is 2.62. The van der Waals surface area contributed by atoms with E-state index in [4.69, 9.17) is 5.11 Å². The van der Waals surface area contributed by atoms with Gasteiger partial charge >= 0.3 is 0 Å². The number of nitrogens with zero attached hydrogens (tertiary/aromatic N) is 1. The van der Waals surface area contributed by atoms with Crippen LogP contribution in [0.25, 0.3) is 0 Å². The van der Waals surface area contributed by atoms with Gasteiger partial charge in [0.1, 0.15) is 0 Å². The number of phenols is 2. The molecule has 0 radical (unpaired) electrons. The molecule has 0 fully saturated rings. The van der Waals surface area contributed by atoms with Crippen LogP contribution in [0.2, 0.25) is 0 Å². The van der Waals surface area contributed by atoms with Crippen molar-refractivity contribution >= 4 is 28.1 Å². The molecule has 2 aromatic carbocycles. The molecule has 1 amide bonds. The number of phenolic OH excluding ortho intramolecular Hbond substituents is 2. The third-order valence-corrected chi connectivity index (χ3v) is 2.96. The lowest BCUT2D eigenvalue weighted by atomic mass is 10.2. The lowest BCUT2D eigenvalue weighted by Crippen LogP contribution is -2.17. The minimum absolute atomic E-state index is 0.208. The molecular weight excluding hydrogens is 324 g/mol. The Labute approximate surface area is 123 Å². The Morgan fingerprint density at radius 2 is 1.95 bits per heavy atom. The van der Waals surface area contributed by atoms with Gasteiger partial charge in [-0.2, -0.15) is 5.10 Å². The van der Waals surface area contributed by atoms with Gasteiger partial charge in [0.2, 0.25) is 0 Å². The zero-order valence-corrected chi connectivity index (χ0v) is 11.8. The molecule has 6 heteroatoms. The molecule has 0 spiro atoms. The molecule has 0 bridgehead atoms. The summed E-state index contributed by atoms with van der Waals surface area (Å²) in [6.07, 6.45) is 1.37. The highest BCUT2D eigenvalue weighted by atomic mass is 79.9. The van der Waals surface area contributed by atoms with E-state index in [1.54, 1.807) is 24.3 Å². The van der Waals surface area contributed by atoms with E-state index in [0.29, 0.717) is 11.1 Å². The van der Waals surface area contributed by atoms with Crippen molar-refractivity contribution < 1.29 is 15.0 Å². The maximum atomic E-state index is 11.8. The Bertz CT molecular complexity index is 671. The Hall–Kier alpha value is -2.34. The first-order chi connectivity index (χ1) is 9.56. The molecule has 2 rings (SSSR count). The summed E-state index contributed by atoms with van der Waals surface area (Å²) in [6, 6.07) is 11.2. The van der Waals surface area contributed by atoms with E-state index < -0.39 is 0 Å². The lowest BCUT2D eigenvalue weighted by Gasteiger charge is -2.01. The summed E-state index contributed by atoms with van der Waals surface area (Å²) in [5.74, 6) is -0.793. The molecule has 0 heterocycles. The summed E-state index contributed by atoms with van der Waals surface area (Å²) in [7, 11) is 0. The molecule has 0 aliphatic carbocycles. The van der Waals surface area contributed by atoms with Crippen LogP contribution < -0.4 is 5.43 Å². The van der Waals surface area contributed by atoms with Crippen LogP contribution in [0.3, 0.4) is 0 Å².